The summed E-state index contributed by atoms with van der Waals surface area (Å²) >= 11 is 0. The van der Waals surface area contributed by atoms with E-state index in [-0.39, 0.29) is 18.6 Å². The predicted molar refractivity (Wildman–Crippen MR) is 145 cm³/mol. The molecule has 2 aliphatic heterocycles. The van der Waals surface area contributed by atoms with E-state index in [0.29, 0.717) is 0 Å². The van der Waals surface area contributed by atoms with Gasteiger partial charge in [-0.25, -0.2) is 0 Å². The molecule has 3 heterocycles. The molecule has 0 radical (unpaired) electrons. The number of hydrogen-bond acceptors (Lipinski definition) is 4. The number of nitrogens with zero attached hydrogens (tertiary/aromatic N) is 3. The Labute approximate surface area is 212 Å². The number of piperazine rings is 1. The van der Waals surface area contributed by atoms with Gasteiger partial charge in [-0.15, -0.1) is 0 Å². The lowest BCUT2D eigenvalue weighted by Gasteiger charge is -2.42. The van der Waals surface area contributed by atoms with E-state index in [1.54, 1.807) is 0 Å². The molecule has 1 saturated heterocycles. The van der Waals surface area contributed by atoms with Gasteiger partial charge in [-0.2, -0.15) is 0 Å². The van der Waals surface area contributed by atoms with Crippen LogP contribution in [0.15, 0.2) is 85.1 Å². The van der Waals surface area contributed by atoms with Gasteiger partial charge in [-0.3, -0.25) is 9.69 Å². The number of aromatic amines is 1. The number of anilines is 2. The third kappa shape index (κ3) is 4.56. The Bertz CT molecular complexity index is 1330. The zero-order valence-corrected chi connectivity index (χ0v) is 20.5. The molecule has 0 saturated carbocycles. The third-order valence-electron chi connectivity index (χ3n) is 7.49. The lowest BCUT2D eigenvalue weighted by atomic mass is 9.95. The fraction of sp³-hybridized carbons (Fsp3) is 0.300. The number of hydrogen-bond donors (Lipinski definition) is 1. The van der Waals surface area contributed by atoms with Crippen LogP contribution in [0, 0.1) is 0 Å². The van der Waals surface area contributed by atoms with E-state index in [1.807, 2.05) is 47.5 Å². The Hall–Kier alpha value is -3.77. The topological polar surface area (TPSA) is 51.8 Å². The van der Waals surface area contributed by atoms with Crippen LogP contribution >= 0.6 is 0 Å². The first kappa shape index (κ1) is 22.7. The summed E-state index contributed by atoms with van der Waals surface area (Å²) < 4.78 is 5.85. The molecule has 6 rings (SSSR count). The van der Waals surface area contributed by atoms with Crippen LogP contribution in [0.4, 0.5) is 11.4 Å². The maximum absolute atomic E-state index is 13.5. The zero-order valence-electron chi connectivity index (χ0n) is 20.5. The number of para-hydroxylation sites is 2. The first-order valence-electron chi connectivity index (χ1n) is 12.9. The van der Waals surface area contributed by atoms with Crippen molar-refractivity contribution in [2.24, 2.45) is 0 Å². The quantitative estimate of drug-likeness (QED) is 0.434. The molecule has 1 fully saturated rings. The second-order valence-electron chi connectivity index (χ2n) is 9.69. The minimum absolute atomic E-state index is 0.0220. The Balaban J connectivity index is 1.14. The Morgan fingerprint density at radius 1 is 0.861 bits per heavy atom. The standard InChI is InChI=1S/C30H32N4O2/c35-30(22-36-25-8-2-1-3-9-25)34-24(14-13-23-7-4-5-11-28(23)34)21-32-17-19-33(20-18-32)29-12-6-10-27-26(29)15-16-31-27/h1-12,15-16,24,31H,13-14,17-22H2. The van der Waals surface area contributed by atoms with Gasteiger partial charge in [0, 0.05) is 61.2 Å². The van der Waals surface area contributed by atoms with Gasteiger partial charge in [0.25, 0.3) is 5.91 Å². The van der Waals surface area contributed by atoms with Crippen molar-refractivity contribution in [3.05, 3.63) is 90.6 Å². The predicted octanol–water partition coefficient (Wildman–Crippen LogP) is 4.72. The van der Waals surface area contributed by atoms with Gasteiger partial charge >= 0.3 is 0 Å². The lowest BCUT2D eigenvalue weighted by Crippen LogP contribution is -2.54. The first-order chi connectivity index (χ1) is 17.8. The molecule has 1 N–H and O–H groups in total. The number of carbonyl (C=O) groups is 1. The number of rotatable bonds is 6. The maximum atomic E-state index is 13.5. The molecule has 184 valence electrons. The summed E-state index contributed by atoms with van der Waals surface area (Å²) in [4.78, 5) is 23.8. The number of fused-ring (bicyclic) bond motifs is 2. The molecule has 36 heavy (non-hydrogen) atoms. The summed E-state index contributed by atoms with van der Waals surface area (Å²) in [5.74, 6) is 0.745. The van der Waals surface area contributed by atoms with Crippen LogP contribution in [0.5, 0.6) is 5.75 Å². The van der Waals surface area contributed by atoms with Crippen molar-refractivity contribution in [1.82, 2.24) is 9.88 Å². The van der Waals surface area contributed by atoms with Crippen LogP contribution in [0.25, 0.3) is 10.9 Å². The van der Waals surface area contributed by atoms with Crippen LogP contribution in [-0.4, -0.2) is 61.2 Å². The normalized spacial score (nSPS) is 18.3. The SMILES string of the molecule is O=C(COc1ccccc1)N1c2ccccc2CCC1CN1CCN(c2cccc3[nH]ccc23)CC1. The molecular weight excluding hydrogens is 448 g/mol. The molecule has 6 heteroatoms. The van der Waals surface area contributed by atoms with Gasteiger partial charge in [0.1, 0.15) is 5.75 Å². The molecule has 4 aromatic rings. The third-order valence-corrected chi connectivity index (χ3v) is 7.49. The van der Waals surface area contributed by atoms with Crippen molar-refractivity contribution in [2.75, 3.05) is 49.1 Å². The van der Waals surface area contributed by atoms with E-state index in [9.17, 15) is 4.79 Å². The Morgan fingerprint density at radius 2 is 1.64 bits per heavy atom. The number of H-pyrrole nitrogens is 1. The number of aryl methyl sites for hydroxylation is 1. The van der Waals surface area contributed by atoms with Crippen LogP contribution in [-0.2, 0) is 11.2 Å². The molecule has 6 nitrogen and oxygen atoms in total. The van der Waals surface area contributed by atoms with Gasteiger partial charge < -0.3 is 19.5 Å². The van der Waals surface area contributed by atoms with E-state index in [1.165, 1.54) is 22.2 Å². The number of nitrogens with one attached hydrogen (secondary N) is 1. The molecule has 1 atom stereocenters. The molecule has 2 aliphatic rings. The fourth-order valence-corrected chi connectivity index (χ4v) is 5.66. The first-order valence-corrected chi connectivity index (χ1v) is 12.9. The van der Waals surface area contributed by atoms with Crippen molar-refractivity contribution in [3.8, 4) is 5.75 Å². The molecule has 1 amide bonds. The Morgan fingerprint density at radius 3 is 2.50 bits per heavy atom. The molecule has 3 aromatic carbocycles. The second kappa shape index (κ2) is 10.1. The summed E-state index contributed by atoms with van der Waals surface area (Å²) in [6, 6.07) is 26.7. The molecule has 1 aromatic heterocycles. The van der Waals surface area contributed by atoms with Crippen LogP contribution in [0.3, 0.4) is 0 Å². The minimum atomic E-state index is 0.0220. The number of carbonyl (C=O) groups excluding carboxylic acids is 1. The lowest BCUT2D eigenvalue weighted by molar-refractivity contribution is -0.121. The van der Waals surface area contributed by atoms with Crippen LogP contribution in [0.1, 0.15) is 12.0 Å². The van der Waals surface area contributed by atoms with Gasteiger partial charge in [0.15, 0.2) is 6.61 Å². The van der Waals surface area contributed by atoms with Gasteiger partial charge in [0.05, 0.1) is 6.04 Å². The van der Waals surface area contributed by atoms with E-state index in [2.05, 4.69) is 57.2 Å². The van der Waals surface area contributed by atoms with Gasteiger partial charge in [-0.05, 0) is 54.8 Å². The molecule has 0 spiro atoms. The van der Waals surface area contributed by atoms with E-state index >= 15 is 0 Å². The highest BCUT2D eigenvalue weighted by atomic mass is 16.5. The van der Waals surface area contributed by atoms with Crippen LogP contribution in [0.2, 0.25) is 0 Å². The molecule has 0 bridgehead atoms. The smallest absolute Gasteiger partial charge is 0.265 e. The van der Waals surface area contributed by atoms with E-state index in [0.717, 1.165) is 57.0 Å². The maximum Gasteiger partial charge on any atom is 0.265 e. The summed E-state index contributed by atoms with van der Waals surface area (Å²) in [6.45, 7) is 4.87. The van der Waals surface area contributed by atoms with Crippen molar-refractivity contribution in [3.63, 3.8) is 0 Å². The highest BCUT2D eigenvalue weighted by Crippen LogP contribution is 2.32. The van der Waals surface area contributed by atoms with Crippen molar-refractivity contribution >= 4 is 28.2 Å². The van der Waals surface area contributed by atoms with Crippen molar-refractivity contribution in [1.29, 1.82) is 0 Å². The molecular formula is C30H32N4O2. The Kier molecular flexibility index (Phi) is 6.35. The average molecular weight is 481 g/mol. The fourth-order valence-electron chi connectivity index (χ4n) is 5.66. The summed E-state index contributed by atoms with van der Waals surface area (Å²) in [5, 5.41) is 1.28. The van der Waals surface area contributed by atoms with Gasteiger partial charge in [-0.1, -0.05) is 42.5 Å². The monoisotopic (exact) mass is 480 g/mol. The largest absolute Gasteiger partial charge is 0.484 e. The second-order valence-corrected chi connectivity index (χ2v) is 9.69. The number of amides is 1. The van der Waals surface area contributed by atoms with E-state index < -0.39 is 0 Å². The van der Waals surface area contributed by atoms with Crippen molar-refractivity contribution in [2.45, 2.75) is 18.9 Å². The van der Waals surface area contributed by atoms with Gasteiger partial charge in [0.2, 0.25) is 0 Å². The van der Waals surface area contributed by atoms with Crippen LogP contribution < -0.4 is 14.5 Å². The highest BCUT2D eigenvalue weighted by Gasteiger charge is 2.33. The number of ether oxygens (including phenoxy) is 1. The molecule has 1 unspecified atom stereocenters. The highest BCUT2D eigenvalue weighted by molar-refractivity contribution is 5.96. The summed E-state index contributed by atoms with van der Waals surface area (Å²) in [7, 11) is 0. The summed E-state index contributed by atoms with van der Waals surface area (Å²) in [5.41, 5.74) is 4.76. The minimum Gasteiger partial charge on any atom is -0.484 e. The van der Waals surface area contributed by atoms with E-state index in [4.69, 9.17) is 4.74 Å². The number of aromatic nitrogens is 1. The number of benzene rings is 3. The van der Waals surface area contributed by atoms with Crippen molar-refractivity contribution < 1.29 is 9.53 Å². The summed E-state index contributed by atoms with van der Waals surface area (Å²) in [6.07, 6.45) is 3.98. The zero-order chi connectivity index (χ0) is 24.3. The average Bonchev–Trinajstić information content (AvgIpc) is 3.42. The molecule has 0 aliphatic carbocycles.